The third kappa shape index (κ3) is 6.92. The van der Waals surface area contributed by atoms with Crippen molar-refractivity contribution >= 4 is 39.1 Å². The highest BCUT2D eigenvalue weighted by molar-refractivity contribution is 7.88. The molecule has 2 rings (SSSR count). The number of carbonyl (C=O) groups is 1. The maximum atomic E-state index is 13.1. The lowest BCUT2D eigenvalue weighted by molar-refractivity contribution is -0.120. The predicted octanol–water partition coefficient (Wildman–Crippen LogP) is 2.91. The molecule has 0 aromatic heterocycles. The van der Waals surface area contributed by atoms with Crippen LogP contribution in [0.25, 0.3) is 0 Å². The fraction of sp³-hybridized carbons (Fsp3) is 0.235. The Kier molecular flexibility index (Phi) is 7.40. The van der Waals surface area contributed by atoms with Crippen LogP contribution in [0.2, 0.25) is 10.0 Å². The lowest BCUT2D eigenvalue weighted by atomic mass is 10.1. The van der Waals surface area contributed by atoms with E-state index in [4.69, 9.17) is 23.2 Å². The van der Waals surface area contributed by atoms with Gasteiger partial charge < -0.3 is 5.32 Å². The van der Waals surface area contributed by atoms with Gasteiger partial charge in [0.1, 0.15) is 5.82 Å². The molecular formula is C17H17Cl2FN2O3S. The normalized spacial score (nSPS) is 11.3. The van der Waals surface area contributed by atoms with Gasteiger partial charge in [0.15, 0.2) is 0 Å². The van der Waals surface area contributed by atoms with Crippen molar-refractivity contribution in [2.45, 2.75) is 12.2 Å². The molecule has 0 bridgehead atoms. The highest BCUT2D eigenvalue weighted by Crippen LogP contribution is 2.23. The molecule has 2 aromatic rings. The smallest absolute Gasteiger partial charge is 0.224 e. The third-order valence-electron chi connectivity index (χ3n) is 3.36. The van der Waals surface area contributed by atoms with Crippen molar-refractivity contribution in [3.63, 3.8) is 0 Å². The van der Waals surface area contributed by atoms with Gasteiger partial charge in [-0.3, -0.25) is 4.79 Å². The Morgan fingerprint density at radius 2 is 1.77 bits per heavy atom. The summed E-state index contributed by atoms with van der Waals surface area (Å²) in [5, 5.41) is 3.21. The molecule has 140 valence electrons. The number of sulfonamides is 1. The van der Waals surface area contributed by atoms with E-state index in [1.54, 1.807) is 12.1 Å². The molecule has 2 N–H and O–H groups in total. The van der Waals surface area contributed by atoms with Crippen molar-refractivity contribution < 1.29 is 17.6 Å². The van der Waals surface area contributed by atoms with Crippen molar-refractivity contribution in [1.29, 1.82) is 0 Å². The summed E-state index contributed by atoms with van der Waals surface area (Å²) < 4.78 is 39.5. The minimum atomic E-state index is -3.58. The van der Waals surface area contributed by atoms with E-state index in [-0.39, 0.29) is 36.2 Å². The van der Waals surface area contributed by atoms with E-state index >= 15 is 0 Å². The molecule has 0 aliphatic heterocycles. The number of halogens is 3. The summed E-state index contributed by atoms with van der Waals surface area (Å²) in [5.74, 6) is -0.981. The third-order valence-corrected chi connectivity index (χ3v) is 5.46. The van der Waals surface area contributed by atoms with Crippen LogP contribution in [-0.4, -0.2) is 27.4 Å². The van der Waals surface area contributed by atoms with E-state index in [2.05, 4.69) is 10.0 Å². The van der Waals surface area contributed by atoms with Crippen LogP contribution in [-0.2, 0) is 27.0 Å². The molecule has 0 radical (unpaired) electrons. The molecule has 1 amide bonds. The van der Waals surface area contributed by atoms with Crippen molar-refractivity contribution in [2.75, 3.05) is 13.1 Å². The number of carbonyl (C=O) groups excluding carboxylic acids is 1. The Hall–Kier alpha value is -1.67. The number of rotatable bonds is 8. The second-order valence-corrected chi connectivity index (χ2v) is 8.18. The first-order valence-corrected chi connectivity index (χ1v) is 10.1. The van der Waals surface area contributed by atoms with Gasteiger partial charge in [0.25, 0.3) is 0 Å². The van der Waals surface area contributed by atoms with Crippen molar-refractivity contribution in [2.24, 2.45) is 0 Å². The Morgan fingerprint density at radius 1 is 1.00 bits per heavy atom. The standard InChI is InChI=1S/C17H17Cl2FN2O3S/c18-15-5-4-13(9-16(15)19)11-26(24,25)22-7-6-21-17(23)10-12-2-1-3-14(20)8-12/h1-5,8-9,22H,6-7,10-11H2,(H,21,23). The molecule has 0 aliphatic rings. The van der Waals surface area contributed by atoms with E-state index in [0.717, 1.165) is 0 Å². The summed E-state index contributed by atoms with van der Waals surface area (Å²) in [4.78, 5) is 11.8. The van der Waals surface area contributed by atoms with Crippen LogP contribution in [0.15, 0.2) is 42.5 Å². The largest absolute Gasteiger partial charge is 0.355 e. The molecule has 9 heteroatoms. The first kappa shape index (κ1) is 20.6. The topological polar surface area (TPSA) is 75.3 Å². The molecule has 0 atom stereocenters. The van der Waals surface area contributed by atoms with Crippen LogP contribution >= 0.6 is 23.2 Å². The van der Waals surface area contributed by atoms with Gasteiger partial charge in [0, 0.05) is 13.1 Å². The van der Waals surface area contributed by atoms with Crippen LogP contribution in [0.5, 0.6) is 0 Å². The van der Waals surface area contributed by atoms with Gasteiger partial charge in [0.2, 0.25) is 15.9 Å². The van der Waals surface area contributed by atoms with Crippen molar-refractivity contribution in [3.8, 4) is 0 Å². The average molecular weight is 419 g/mol. The van der Waals surface area contributed by atoms with Gasteiger partial charge in [-0.05, 0) is 35.4 Å². The molecule has 2 aromatic carbocycles. The summed E-state index contributed by atoms with van der Waals surface area (Å²) in [6.45, 7) is 0.160. The van der Waals surface area contributed by atoms with Crippen LogP contribution in [0.4, 0.5) is 4.39 Å². The summed E-state index contributed by atoms with van der Waals surface area (Å²) in [7, 11) is -3.58. The minimum Gasteiger partial charge on any atom is -0.355 e. The van der Waals surface area contributed by atoms with Gasteiger partial charge in [-0.15, -0.1) is 0 Å². The molecule has 26 heavy (non-hydrogen) atoms. The monoisotopic (exact) mass is 418 g/mol. The van der Waals surface area contributed by atoms with E-state index in [1.807, 2.05) is 0 Å². The number of nitrogens with one attached hydrogen (secondary N) is 2. The molecule has 0 saturated heterocycles. The zero-order valence-corrected chi connectivity index (χ0v) is 16.0. The van der Waals surface area contributed by atoms with Gasteiger partial charge in [-0.25, -0.2) is 17.5 Å². The number of hydrogen-bond donors (Lipinski definition) is 2. The van der Waals surface area contributed by atoms with E-state index in [0.29, 0.717) is 16.1 Å². The Bertz CT molecular complexity index is 891. The SMILES string of the molecule is O=C(Cc1cccc(F)c1)NCCNS(=O)(=O)Cc1ccc(Cl)c(Cl)c1. The molecule has 0 unspecified atom stereocenters. The molecule has 0 saturated carbocycles. The van der Waals surface area contributed by atoms with Crippen LogP contribution < -0.4 is 10.0 Å². The highest BCUT2D eigenvalue weighted by atomic mass is 35.5. The fourth-order valence-electron chi connectivity index (χ4n) is 2.20. The van der Waals surface area contributed by atoms with Crippen molar-refractivity contribution in [1.82, 2.24) is 10.0 Å². The second-order valence-electron chi connectivity index (χ2n) is 5.56. The van der Waals surface area contributed by atoms with Gasteiger partial charge in [0.05, 0.1) is 22.2 Å². The molecule has 0 fully saturated rings. The first-order valence-electron chi connectivity index (χ1n) is 7.67. The predicted molar refractivity (Wildman–Crippen MR) is 100 cm³/mol. The fourth-order valence-corrected chi connectivity index (χ4v) is 3.66. The van der Waals surface area contributed by atoms with E-state index in [9.17, 15) is 17.6 Å². The molecule has 0 aliphatic carbocycles. The summed E-state index contributed by atoms with van der Waals surface area (Å²) in [5.41, 5.74) is 1.05. The average Bonchev–Trinajstić information content (AvgIpc) is 2.55. The zero-order valence-electron chi connectivity index (χ0n) is 13.6. The number of amides is 1. The zero-order chi connectivity index (χ0) is 19.2. The van der Waals surface area contributed by atoms with Crippen LogP contribution in [0.3, 0.4) is 0 Å². The second kappa shape index (κ2) is 9.32. The van der Waals surface area contributed by atoms with Gasteiger partial charge >= 0.3 is 0 Å². The Morgan fingerprint density at radius 3 is 2.46 bits per heavy atom. The van der Waals surface area contributed by atoms with Gasteiger partial charge in [-0.1, -0.05) is 41.4 Å². The lowest BCUT2D eigenvalue weighted by Crippen LogP contribution is -2.35. The molecular weight excluding hydrogens is 402 g/mol. The van der Waals surface area contributed by atoms with Crippen LogP contribution in [0.1, 0.15) is 11.1 Å². The number of benzene rings is 2. The summed E-state index contributed by atoms with van der Waals surface area (Å²) in [6, 6.07) is 10.3. The highest BCUT2D eigenvalue weighted by Gasteiger charge is 2.12. The molecule has 0 heterocycles. The molecule has 5 nitrogen and oxygen atoms in total. The van der Waals surface area contributed by atoms with E-state index < -0.39 is 15.8 Å². The van der Waals surface area contributed by atoms with E-state index in [1.165, 1.54) is 30.3 Å². The Labute approximate surface area is 161 Å². The summed E-state index contributed by atoms with van der Waals surface area (Å²) in [6.07, 6.45) is 0.0216. The quantitative estimate of drug-likeness (QED) is 0.647. The van der Waals surface area contributed by atoms with Gasteiger partial charge in [-0.2, -0.15) is 0 Å². The maximum absolute atomic E-state index is 13.1. The minimum absolute atomic E-state index is 0.0216. The van der Waals surface area contributed by atoms with Crippen molar-refractivity contribution in [3.05, 3.63) is 69.5 Å². The molecule has 0 spiro atoms. The number of hydrogen-bond acceptors (Lipinski definition) is 3. The lowest BCUT2D eigenvalue weighted by Gasteiger charge is -2.09. The maximum Gasteiger partial charge on any atom is 0.224 e. The van der Waals surface area contributed by atoms with Crippen LogP contribution in [0, 0.1) is 5.82 Å². The first-order chi connectivity index (χ1) is 12.2. The summed E-state index contributed by atoms with van der Waals surface area (Å²) >= 11 is 11.7. The Balaban J connectivity index is 1.75.